The third kappa shape index (κ3) is 3.62. The summed E-state index contributed by atoms with van der Waals surface area (Å²) in [5, 5.41) is 13.4. The lowest BCUT2D eigenvalue weighted by Gasteiger charge is -2.11. The van der Waals surface area contributed by atoms with E-state index in [4.69, 9.17) is 14.6 Å². The number of ether oxygens (including phenoxy) is 2. The topological polar surface area (TPSA) is 114 Å². The van der Waals surface area contributed by atoms with E-state index in [1.807, 2.05) is 0 Å². The maximum Gasteiger partial charge on any atom is 0.319 e. The minimum absolute atomic E-state index is 0.0128. The second-order valence-corrected chi connectivity index (χ2v) is 4.33. The fourth-order valence-corrected chi connectivity index (χ4v) is 1.79. The average molecular weight is 294 g/mol. The molecule has 0 atom stereocenters. The number of carbonyl (C=O) groups excluding carboxylic acids is 2. The smallest absolute Gasteiger partial charge is 0.319 e. The molecule has 3 N–H and O–H groups in total. The van der Waals surface area contributed by atoms with Crippen LogP contribution in [0.3, 0.4) is 0 Å². The van der Waals surface area contributed by atoms with Crippen LogP contribution in [-0.2, 0) is 4.79 Å². The molecule has 112 valence electrons. The number of urea groups is 1. The normalized spacial score (nSPS) is 11.9. The first kappa shape index (κ1) is 14.6. The number of aliphatic carboxylic acids is 1. The molecule has 2 amide bonds. The summed E-state index contributed by atoms with van der Waals surface area (Å²) in [5.74, 6) is -0.380. The monoisotopic (exact) mass is 294 g/mol. The number of hydrogen-bond donors (Lipinski definition) is 3. The van der Waals surface area contributed by atoms with Gasteiger partial charge in [-0.1, -0.05) is 0 Å². The third-order valence-corrected chi connectivity index (χ3v) is 2.76. The first-order chi connectivity index (χ1) is 9.97. The van der Waals surface area contributed by atoms with Crippen molar-refractivity contribution in [2.24, 2.45) is 0 Å². The molecule has 0 aromatic heterocycles. The van der Waals surface area contributed by atoms with Crippen LogP contribution >= 0.6 is 0 Å². The van der Waals surface area contributed by atoms with Gasteiger partial charge < -0.3 is 25.2 Å². The molecule has 8 nitrogen and oxygen atoms in total. The molecule has 2 rings (SSSR count). The Hall–Kier alpha value is -2.77. The number of hydrogen-bond acceptors (Lipinski definition) is 5. The molecule has 1 aromatic carbocycles. The second kappa shape index (κ2) is 6.12. The quantitative estimate of drug-likeness (QED) is 0.703. The first-order valence-corrected chi connectivity index (χ1v) is 6.18. The molecule has 0 fully saturated rings. The van der Waals surface area contributed by atoms with E-state index in [1.54, 1.807) is 0 Å². The summed E-state index contributed by atoms with van der Waals surface area (Å²) in [7, 11) is 0. The van der Waals surface area contributed by atoms with Gasteiger partial charge in [0.25, 0.3) is 0 Å². The predicted molar refractivity (Wildman–Crippen MR) is 71.8 cm³/mol. The van der Waals surface area contributed by atoms with Gasteiger partial charge in [-0.05, 0) is 13.0 Å². The maximum atomic E-state index is 11.7. The number of fused-ring (bicyclic) bond motifs is 1. The van der Waals surface area contributed by atoms with Gasteiger partial charge in [-0.2, -0.15) is 0 Å². The summed E-state index contributed by atoms with van der Waals surface area (Å²) in [5.41, 5.74) is 0.562. The molecule has 0 radical (unpaired) electrons. The van der Waals surface area contributed by atoms with Crippen LogP contribution in [-0.4, -0.2) is 36.2 Å². The van der Waals surface area contributed by atoms with Crippen LogP contribution < -0.4 is 20.1 Å². The fraction of sp³-hybridized carbons (Fsp3) is 0.308. The lowest BCUT2D eigenvalue weighted by Crippen LogP contribution is -2.31. The highest BCUT2D eigenvalue weighted by molar-refractivity contribution is 6.04. The number of amides is 2. The van der Waals surface area contributed by atoms with Crippen molar-refractivity contribution in [1.82, 2.24) is 5.32 Å². The molecule has 0 bridgehead atoms. The van der Waals surface area contributed by atoms with E-state index in [0.29, 0.717) is 11.5 Å². The van der Waals surface area contributed by atoms with Gasteiger partial charge >= 0.3 is 12.0 Å². The molecule has 1 aromatic rings. The van der Waals surface area contributed by atoms with Crippen molar-refractivity contribution in [3.05, 3.63) is 17.7 Å². The number of carbonyl (C=O) groups is 3. The van der Waals surface area contributed by atoms with Crippen LogP contribution in [0.2, 0.25) is 0 Å². The number of benzene rings is 1. The Labute approximate surface area is 120 Å². The summed E-state index contributed by atoms with van der Waals surface area (Å²) in [6.07, 6.45) is -0.186. The van der Waals surface area contributed by atoms with Crippen LogP contribution in [0.15, 0.2) is 12.1 Å². The number of rotatable bonds is 5. The molecule has 0 saturated carbocycles. The standard InChI is InChI=1S/C13H14N2O6/c1-7(16)8-4-10-11(21-6-20-10)5-9(8)15-13(19)14-3-2-12(17)18/h4-5H,2-3,6H2,1H3,(H,17,18)(H2,14,15,19). The van der Waals surface area contributed by atoms with Crippen LogP contribution in [0, 0.1) is 0 Å². The number of Topliss-reactive ketones (excluding diaryl/α,β-unsaturated/α-hetero) is 1. The van der Waals surface area contributed by atoms with Gasteiger partial charge in [-0.25, -0.2) is 4.79 Å². The number of nitrogens with one attached hydrogen (secondary N) is 2. The molecule has 1 aliphatic heterocycles. The van der Waals surface area contributed by atoms with Crippen LogP contribution in [0.1, 0.15) is 23.7 Å². The first-order valence-electron chi connectivity index (χ1n) is 6.18. The molecule has 1 heterocycles. The predicted octanol–water partition coefficient (Wildman–Crippen LogP) is 1.21. The van der Waals surface area contributed by atoms with Crippen LogP contribution in [0.4, 0.5) is 10.5 Å². The molecule has 1 aliphatic rings. The molecule has 21 heavy (non-hydrogen) atoms. The van der Waals surface area contributed by atoms with Gasteiger partial charge in [-0.15, -0.1) is 0 Å². The zero-order chi connectivity index (χ0) is 15.4. The molecular formula is C13H14N2O6. The summed E-state index contributed by atoms with van der Waals surface area (Å²) in [4.78, 5) is 33.6. The molecule has 0 spiro atoms. The zero-order valence-corrected chi connectivity index (χ0v) is 11.3. The highest BCUT2D eigenvalue weighted by Crippen LogP contribution is 2.37. The van der Waals surface area contributed by atoms with Gasteiger partial charge in [0, 0.05) is 18.2 Å². The van der Waals surface area contributed by atoms with E-state index in [1.165, 1.54) is 19.1 Å². The van der Waals surface area contributed by atoms with Crippen molar-refractivity contribution in [3.63, 3.8) is 0 Å². The van der Waals surface area contributed by atoms with Gasteiger partial charge in [0.1, 0.15) is 0 Å². The van der Waals surface area contributed by atoms with Gasteiger partial charge in [0.05, 0.1) is 12.1 Å². The second-order valence-electron chi connectivity index (χ2n) is 4.33. The SMILES string of the molecule is CC(=O)c1cc2c(cc1NC(=O)NCCC(=O)O)OCO2. The van der Waals surface area contributed by atoms with Crippen molar-refractivity contribution in [1.29, 1.82) is 0 Å². The summed E-state index contributed by atoms with van der Waals surface area (Å²) in [6, 6.07) is 2.39. The largest absolute Gasteiger partial charge is 0.481 e. The van der Waals surface area contributed by atoms with Crippen molar-refractivity contribution in [3.8, 4) is 11.5 Å². The lowest BCUT2D eigenvalue weighted by atomic mass is 10.1. The Balaban J connectivity index is 2.10. The number of ketones is 1. The van der Waals surface area contributed by atoms with E-state index < -0.39 is 12.0 Å². The minimum Gasteiger partial charge on any atom is -0.481 e. The molecule has 0 unspecified atom stereocenters. The summed E-state index contributed by atoms with van der Waals surface area (Å²) in [6.45, 7) is 1.41. The van der Waals surface area contributed by atoms with Crippen LogP contribution in [0.25, 0.3) is 0 Å². The Kier molecular flexibility index (Phi) is 4.27. The van der Waals surface area contributed by atoms with E-state index in [2.05, 4.69) is 10.6 Å². The highest BCUT2D eigenvalue weighted by atomic mass is 16.7. The Bertz CT molecular complexity index is 599. The van der Waals surface area contributed by atoms with Gasteiger partial charge in [0.15, 0.2) is 17.3 Å². The Morgan fingerprint density at radius 1 is 1.24 bits per heavy atom. The number of carboxylic acids is 1. The van der Waals surface area contributed by atoms with Crippen LogP contribution in [0.5, 0.6) is 11.5 Å². The highest BCUT2D eigenvalue weighted by Gasteiger charge is 2.20. The van der Waals surface area contributed by atoms with E-state index in [-0.39, 0.29) is 36.8 Å². The van der Waals surface area contributed by atoms with Crippen molar-refractivity contribution in [2.45, 2.75) is 13.3 Å². The average Bonchev–Trinajstić information content (AvgIpc) is 2.84. The van der Waals surface area contributed by atoms with E-state index in [0.717, 1.165) is 0 Å². The van der Waals surface area contributed by atoms with Crippen molar-refractivity contribution >= 4 is 23.5 Å². The Morgan fingerprint density at radius 3 is 2.52 bits per heavy atom. The molecular weight excluding hydrogens is 280 g/mol. The van der Waals surface area contributed by atoms with E-state index >= 15 is 0 Å². The maximum absolute atomic E-state index is 11.7. The van der Waals surface area contributed by atoms with Crippen molar-refractivity contribution < 1.29 is 29.0 Å². The molecule has 0 saturated heterocycles. The fourth-order valence-electron chi connectivity index (χ4n) is 1.79. The van der Waals surface area contributed by atoms with Gasteiger partial charge in [-0.3, -0.25) is 9.59 Å². The summed E-state index contributed by atoms with van der Waals surface area (Å²) < 4.78 is 10.4. The van der Waals surface area contributed by atoms with E-state index in [9.17, 15) is 14.4 Å². The Morgan fingerprint density at radius 2 is 1.90 bits per heavy atom. The number of anilines is 1. The third-order valence-electron chi connectivity index (χ3n) is 2.76. The molecule has 0 aliphatic carbocycles. The lowest BCUT2D eigenvalue weighted by molar-refractivity contribution is -0.136. The van der Waals surface area contributed by atoms with Gasteiger partial charge in [0.2, 0.25) is 6.79 Å². The van der Waals surface area contributed by atoms with Crippen molar-refractivity contribution in [2.75, 3.05) is 18.7 Å². The zero-order valence-electron chi connectivity index (χ0n) is 11.3. The minimum atomic E-state index is -1.01. The molecule has 8 heteroatoms. The summed E-state index contributed by atoms with van der Waals surface area (Å²) >= 11 is 0. The number of carboxylic acid groups (broad SMARTS) is 1.